The summed E-state index contributed by atoms with van der Waals surface area (Å²) in [5, 5.41) is 3.51. The van der Waals surface area contributed by atoms with Crippen LogP contribution in [0.25, 0.3) is 0 Å². The molecule has 3 nitrogen and oxygen atoms in total. The molecule has 1 N–H and O–H groups in total. The molecular formula is C14H19ClF3NO2. The van der Waals surface area contributed by atoms with Gasteiger partial charge in [-0.3, -0.25) is 0 Å². The van der Waals surface area contributed by atoms with Crippen LogP contribution in [0.1, 0.15) is 26.2 Å². The molecule has 7 heteroatoms. The molecule has 1 aromatic rings. The lowest BCUT2D eigenvalue weighted by atomic mass is 10.1. The quantitative estimate of drug-likeness (QED) is 0.774. The number of rotatable bonds is 7. The van der Waals surface area contributed by atoms with Crippen molar-refractivity contribution in [3.05, 3.63) is 17.2 Å². The van der Waals surface area contributed by atoms with Gasteiger partial charge in [-0.25, -0.2) is 0 Å². The minimum absolute atomic E-state index is 0.0733. The summed E-state index contributed by atoms with van der Waals surface area (Å²) in [4.78, 5) is 0. The van der Waals surface area contributed by atoms with Crippen LogP contribution in [0.2, 0.25) is 5.02 Å². The predicted molar refractivity (Wildman–Crippen MR) is 77.5 cm³/mol. The average molecular weight is 326 g/mol. The molecule has 21 heavy (non-hydrogen) atoms. The third-order valence-electron chi connectivity index (χ3n) is 2.97. The predicted octanol–water partition coefficient (Wildman–Crippen LogP) is 4.89. The fourth-order valence-electron chi connectivity index (χ4n) is 1.92. The van der Waals surface area contributed by atoms with Crippen LogP contribution in [0, 0.1) is 0 Å². The van der Waals surface area contributed by atoms with Gasteiger partial charge >= 0.3 is 6.18 Å². The van der Waals surface area contributed by atoms with Crippen molar-refractivity contribution in [2.45, 2.75) is 38.4 Å². The molecule has 0 amide bonds. The first-order chi connectivity index (χ1) is 9.76. The van der Waals surface area contributed by atoms with Gasteiger partial charge in [0.2, 0.25) is 0 Å². The molecule has 1 rings (SSSR count). The van der Waals surface area contributed by atoms with E-state index in [4.69, 9.17) is 21.1 Å². The average Bonchev–Trinajstić information content (AvgIpc) is 2.37. The van der Waals surface area contributed by atoms with Gasteiger partial charge in [-0.15, -0.1) is 0 Å². The molecule has 0 aliphatic rings. The first-order valence-electron chi connectivity index (χ1n) is 6.51. The molecule has 0 spiro atoms. The zero-order chi connectivity index (χ0) is 16.0. The second kappa shape index (κ2) is 7.64. The normalized spacial score (nSPS) is 12.9. The zero-order valence-corrected chi connectivity index (χ0v) is 12.9. The fourth-order valence-corrected chi connectivity index (χ4v) is 2.16. The summed E-state index contributed by atoms with van der Waals surface area (Å²) in [5.41, 5.74) is 0.628. The summed E-state index contributed by atoms with van der Waals surface area (Å²) in [6.45, 7) is 1.81. The first-order valence-corrected chi connectivity index (χ1v) is 6.89. The largest absolute Gasteiger partial charge is 0.495 e. The Labute approximate surface area is 127 Å². The Morgan fingerprint density at radius 1 is 1.19 bits per heavy atom. The Bertz CT molecular complexity index is 466. The first kappa shape index (κ1) is 17.8. The lowest BCUT2D eigenvalue weighted by Gasteiger charge is -2.19. The molecule has 1 atom stereocenters. The van der Waals surface area contributed by atoms with E-state index >= 15 is 0 Å². The highest BCUT2D eigenvalue weighted by Gasteiger charge is 2.26. The second-order valence-electron chi connectivity index (χ2n) is 4.74. The number of alkyl halides is 3. The Balaban J connectivity index is 2.67. The van der Waals surface area contributed by atoms with Crippen molar-refractivity contribution >= 4 is 17.3 Å². The van der Waals surface area contributed by atoms with Crippen molar-refractivity contribution in [1.29, 1.82) is 0 Å². The highest BCUT2D eigenvalue weighted by atomic mass is 35.5. The minimum atomic E-state index is -4.11. The molecule has 0 fully saturated rings. The van der Waals surface area contributed by atoms with Crippen LogP contribution in [0.4, 0.5) is 18.9 Å². The SMILES string of the molecule is COc1cc(OC)c(NC(C)CCCC(F)(F)F)cc1Cl. The standard InChI is InChI=1S/C14H19ClF3NO2/c1-9(5-4-6-14(16,17)18)19-11-7-10(15)12(20-2)8-13(11)21-3/h7-9,19H,4-6H2,1-3H3. The number of nitrogens with one attached hydrogen (secondary N) is 1. The Morgan fingerprint density at radius 3 is 2.33 bits per heavy atom. The second-order valence-corrected chi connectivity index (χ2v) is 5.15. The molecule has 0 aliphatic heterocycles. The van der Waals surface area contributed by atoms with E-state index in [9.17, 15) is 13.2 Å². The number of methoxy groups -OCH3 is 2. The molecule has 0 aliphatic carbocycles. The Hall–Kier alpha value is -1.30. The summed E-state index contributed by atoms with van der Waals surface area (Å²) in [6, 6.07) is 3.14. The van der Waals surface area contributed by atoms with Crippen molar-refractivity contribution in [2.24, 2.45) is 0 Å². The molecule has 0 radical (unpaired) electrons. The summed E-state index contributed by atoms with van der Waals surface area (Å²) >= 11 is 6.04. The molecule has 0 aromatic heterocycles. The number of hydrogen-bond donors (Lipinski definition) is 1. The van der Waals surface area contributed by atoms with Crippen LogP contribution in [0.3, 0.4) is 0 Å². The summed E-state index contributed by atoms with van der Waals surface area (Å²) in [6.07, 6.45) is -4.42. The van der Waals surface area contributed by atoms with Crippen molar-refractivity contribution in [2.75, 3.05) is 19.5 Å². The number of halogens is 4. The highest BCUT2D eigenvalue weighted by molar-refractivity contribution is 6.32. The van der Waals surface area contributed by atoms with Crippen molar-refractivity contribution < 1.29 is 22.6 Å². The summed E-state index contributed by atoms with van der Waals surface area (Å²) < 4.78 is 46.7. The number of anilines is 1. The molecule has 0 bridgehead atoms. The van der Waals surface area contributed by atoms with Gasteiger partial charge in [-0.05, 0) is 25.8 Å². The fraction of sp³-hybridized carbons (Fsp3) is 0.571. The molecule has 1 unspecified atom stereocenters. The maximum Gasteiger partial charge on any atom is 0.389 e. The minimum Gasteiger partial charge on any atom is -0.495 e. The van der Waals surface area contributed by atoms with E-state index < -0.39 is 12.6 Å². The third kappa shape index (κ3) is 5.91. The lowest BCUT2D eigenvalue weighted by Crippen LogP contribution is -2.17. The Kier molecular flexibility index (Phi) is 6.45. The Morgan fingerprint density at radius 2 is 1.81 bits per heavy atom. The number of benzene rings is 1. The summed E-state index contributed by atoms with van der Waals surface area (Å²) in [5.74, 6) is 1.00. The smallest absolute Gasteiger partial charge is 0.389 e. The zero-order valence-electron chi connectivity index (χ0n) is 12.2. The van der Waals surface area contributed by atoms with Gasteiger partial charge in [0, 0.05) is 18.5 Å². The van der Waals surface area contributed by atoms with Gasteiger partial charge in [0.15, 0.2) is 0 Å². The molecule has 0 saturated carbocycles. The molecule has 120 valence electrons. The molecule has 0 heterocycles. The molecular weight excluding hydrogens is 307 g/mol. The van der Waals surface area contributed by atoms with Crippen molar-refractivity contribution in [1.82, 2.24) is 0 Å². The van der Waals surface area contributed by atoms with Gasteiger partial charge in [-0.1, -0.05) is 11.6 Å². The third-order valence-corrected chi connectivity index (χ3v) is 3.27. The van der Waals surface area contributed by atoms with E-state index in [2.05, 4.69) is 5.32 Å². The van der Waals surface area contributed by atoms with Gasteiger partial charge in [0.1, 0.15) is 11.5 Å². The van der Waals surface area contributed by atoms with Crippen molar-refractivity contribution in [3.8, 4) is 11.5 Å². The number of ether oxygens (including phenoxy) is 2. The molecule has 1 aromatic carbocycles. The monoisotopic (exact) mass is 325 g/mol. The lowest BCUT2D eigenvalue weighted by molar-refractivity contribution is -0.135. The summed E-state index contributed by atoms with van der Waals surface area (Å²) in [7, 11) is 3.00. The van der Waals surface area contributed by atoms with Crippen LogP contribution < -0.4 is 14.8 Å². The maximum atomic E-state index is 12.1. The van der Waals surface area contributed by atoms with Crippen LogP contribution in [0.15, 0.2) is 12.1 Å². The van der Waals surface area contributed by atoms with Crippen LogP contribution in [-0.4, -0.2) is 26.4 Å². The van der Waals surface area contributed by atoms with E-state index in [1.54, 1.807) is 12.1 Å². The van der Waals surface area contributed by atoms with Crippen LogP contribution >= 0.6 is 11.6 Å². The van der Waals surface area contributed by atoms with Gasteiger partial charge in [-0.2, -0.15) is 13.2 Å². The van der Waals surface area contributed by atoms with E-state index in [0.29, 0.717) is 28.6 Å². The van der Waals surface area contributed by atoms with Gasteiger partial charge in [0.25, 0.3) is 0 Å². The van der Waals surface area contributed by atoms with E-state index in [0.717, 1.165) is 0 Å². The van der Waals surface area contributed by atoms with Gasteiger partial charge < -0.3 is 14.8 Å². The van der Waals surface area contributed by atoms with E-state index in [1.165, 1.54) is 14.2 Å². The number of hydrogen-bond acceptors (Lipinski definition) is 3. The van der Waals surface area contributed by atoms with Gasteiger partial charge in [0.05, 0.1) is 24.9 Å². The maximum absolute atomic E-state index is 12.1. The van der Waals surface area contributed by atoms with Crippen LogP contribution in [0.5, 0.6) is 11.5 Å². The highest BCUT2D eigenvalue weighted by Crippen LogP contribution is 2.36. The van der Waals surface area contributed by atoms with E-state index in [-0.39, 0.29) is 12.5 Å². The molecule has 0 saturated heterocycles. The topological polar surface area (TPSA) is 30.5 Å². The van der Waals surface area contributed by atoms with E-state index in [1.807, 2.05) is 6.92 Å². The van der Waals surface area contributed by atoms with Crippen LogP contribution in [-0.2, 0) is 0 Å². The van der Waals surface area contributed by atoms with Crippen molar-refractivity contribution in [3.63, 3.8) is 0 Å².